The molecule has 108 valence electrons. The van der Waals surface area contributed by atoms with Gasteiger partial charge in [0.15, 0.2) is 17.4 Å². The van der Waals surface area contributed by atoms with Gasteiger partial charge in [0.2, 0.25) is 0 Å². The second-order valence-electron chi connectivity index (χ2n) is 4.04. The number of benzene rings is 1. The van der Waals surface area contributed by atoms with Crippen molar-refractivity contribution in [1.82, 2.24) is 14.8 Å². The summed E-state index contributed by atoms with van der Waals surface area (Å²) in [5, 5.41) is 7.71. The van der Waals surface area contributed by atoms with E-state index in [0.717, 1.165) is 6.07 Å². The highest BCUT2D eigenvalue weighted by molar-refractivity contribution is 8.13. The smallest absolute Gasteiger partial charge is 0.261 e. The van der Waals surface area contributed by atoms with Gasteiger partial charge in [-0.25, -0.2) is 12.8 Å². The zero-order valence-corrected chi connectivity index (χ0v) is 12.2. The molecule has 0 radical (unpaired) electrons. The van der Waals surface area contributed by atoms with Crippen molar-refractivity contribution in [2.45, 2.75) is 18.4 Å². The van der Waals surface area contributed by atoms with Gasteiger partial charge in [0.1, 0.15) is 12.4 Å². The number of rotatable bonds is 4. The Kier molecular flexibility index (Phi) is 3.96. The molecule has 20 heavy (non-hydrogen) atoms. The number of hydrogen-bond donors (Lipinski definition) is 0. The summed E-state index contributed by atoms with van der Waals surface area (Å²) in [5.41, 5.74) is 0. The van der Waals surface area contributed by atoms with Crippen LogP contribution in [-0.4, -0.2) is 23.2 Å². The summed E-state index contributed by atoms with van der Waals surface area (Å²) in [6, 6.07) is 3.18. The Balaban J connectivity index is 2.17. The molecule has 9 heteroatoms. The molecule has 0 aliphatic heterocycles. The summed E-state index contributed by atoms with van der Waals surface area (Å²) >= 11 is 0. The summed E-state index contributed by atoms with van der Waals surface area (Å²) < 4.78 is 42.8. The minimum absolute atomic E-state index is 0.0151. The molecule has 6 nitrogen and oxygen atoms in total. The maximum Gasteiger partial charge on any atom is 0.261 e. The summed E-state index contributed by atoms with van der Waals surface area (Å²) in [4.78, 5) is -0.321. The van der Waals surface area contributed by atoms with Gasteiger partial charge in [-0.1, -0.05) is 0 Å². The van der Waals surface area contributed by atoms with Crippen LogP contribution >= 0.6 is 10.7 Å². The Morgan fingerprint density at radius 1 is 1.40 bits per heavy atom. The predicted molar refractivity (Wildman–Crippen MR) is 69.5 cm³/mol. The van der Waals surface area contributed by atoms with Gasteiger partial charge in [-0.15, -0.1) is 10.2 Å². The molecule has 0 unspecified atom stereocenters. The maximum atomic E-state index is 13.7. The molecule has 1 aromatic carbocycles. The van der Waals surface area contributed by atoms with Crippen molar-refractivity contribution in [3.63, 3.8) is 0 Å². The second-order valence-corrected chi connectivity index (χ2v) is 6.61. The van der Waals surface area contributed by atoms with Gasteiger partial charge in [0.05, 0.1) is 4.90 Å². The molecule has 0 N–H and O–H groups in total. The standard InChI is InChI=1S/C11H11ClFN3O3S/c1-7-14-15-11(16(7)2)6-19-10-4-3-8(5-9(10)13)20(12,17)18/h3-5H,6H2,1-2H3. The molecule has 0 bridgehead atoms. The molecule has 2 rings (SSSR count). The van der Waals surface area contributed by atoms with E-state index in [0.29, 0.717) is 11.6 Å². The fourth-order valence-corrected chi connectivity index (χ4v) is 2.23. The van der Waals surface area contributed by atoms with E-state index in [4.69, 9.17) is 15.4 Å². The lowest BCUT2D eigenvalue weighted by atomic mass is 10.3. The van der Waals surface area contributed by atoms with Crippen LogP contribution in [0.4, 0.5) is 4.39 Å². The average Bonchev–Trinajstić information content (AvgIpc) is 2.67. The van der Waals surface area contributed by atoms with Crippen LogP contribution in [0.25, 0.3) is 0 Å². The first-order valence-electron chi connectivity index (χ1n) is 5.51. The van der Waals surface area contributed by atoms with E-state index in [9.17, 15) is 12.8 Å². The molecule has 1 heterocycles. The fourth-order valence-electron chi connectivity index (χ4n) is 1.47. The monoisotopic (exact) mass is 319 g/mol. The van der Waals surface area contributed by atoms with E-state index in [1.807, 2.05) is 0 Å². The molecule has 0 atom stereocenters. The highest BCUT2D eigenvalue weighted by Gasteiger charge is 2.14. The van der Waals surface area contributed by atoms with Crippen LogP contribution in [0, 0.1) is 12.7 Å². The molecule has 0 saturated heterocycles. The normalized spacial score (nSPS) is 11.6. The van der Waals surface area contributed by atoms with Gasteiger partial charge >= 0.3 is 0 Å². The van der Waals surface area contributed by atoms with Crippen LogP contribution in [0.5, 0.6) is 5.75 Å². The second kappa shape index (κ2) is 5.37. The third-order valence-corrected chi connectivity index (χ3v) is 4.08. The van der Waals surface area contributed by atoms with Crippen molar-refractivity contribution in [2.75, 3.05) is 0 Å². The Labute approximate surface area is 119 Å². The van der Waals surface area contributed by atoms with Crippen LogP contribution < -0.4 is 4.74 Å². The summed E-state index contributed by atoms with van der Waals surface area (Å²) in [7, 11) is 2.92. The lowest BCUT2D eigenvalue weighted by molar-refractivity contribution is 0.276. The van der Waals surface area contributed by atoms with E-state index in [1.54, 1.807) is 18.5 Å². The highest BCUT2D eigenvalue weighted by atomic mass is 35.7. The zero-order valence-electron chi connectivity index (χ0n) is 10.7. The number of nitrogens with zero attached hydrogens (tertiary/aromatic N) is 3. The Morgan fingerprint density at radius 3 is 2.60 bits per heavy atom. The lowest BCUT2D eigenvalue weighted by Crippen LogP contribution is -2.05. The van der Waals surface area contributed by atoms with Crippen molar-refractivity contribution in [1.29, 1.82) is 0 Å². The van der Waals surface area contributed by atoms with Crippen LogP contribution in [0.3, 0.4) is 0 Å². The molecule has 0 spiro atoms. The molecule has 0 aliphatic carbocycles. The largest absolute Gasteiger partial charge is 0.483 e. The summed E-state index contributed by atoms with van der Waals surface area (Å²) in [5.74, 6) is 0.323. The molecular formula is C11H11ClFN3O3S. The van der Waals surface area contributed by atoms with E-state index in [1.165, 1.54) is 12.1 Å². The van der Waals surface area contributed by atoms with Gasteiger partial charge < -0.3 is 9.30 Å². The minimum atomic E-state index is -3.96. The van der Waals surface area contributed by atoms with Crippen LogP contribution in [0.15, 0.2) is 23.1 Å². The SMILES string of the molecule is Cc1nnc(COc2ccc(S(=O)(=O)Cl)cc2F)n1C. The zero-order chi connectivity index (χ0) is 14.9. The Morgan fingerprint density at radius 2 is 2.10 bits per heavy atom. The first-order chi connectivity index (χ1) is 9.29. The van der Waals surface area contributed by atoms with Crippen LogP contribution in [0.2, 0.25) is 0 Å². The van der Waals surface area contributed by atoms with Crippen molar-refractivity contribution >= 4 is 19.7 Å². The third-order valence-electron chi connectivity index (χ3n) is 2.72. The number of aromatic nitrogens is 3. The Hall–Kier alpha value is -1.67. The maximum absolute atomic E-state index is 13.7. The number of ether oxygens (including phenoxy) is 1. The first kappa shape index (κ1) is 14.7. The Bertz CT molecular complexity index is 745. The van der Waals surface area contributed by atoms with Gasteiger partial charge in [0, 0.05) is 17.7 Å². The molecule has 0 aliphatic rings. The summed E-state index contributed by atoms with van der Waals surface area (Å²) in [6.45, 7) is 1.79. The number of aryl methyl sites for hydroxylation is 1. The van der Waals surface area contributed by atoms with Crippen LogP contribution in [-0.2, 0) is 22.7 Å². The van der Waals surface area contributed by atoms with Crippen molar-refractivity contribution in [2.24, 2.45) is 7.05 Å². The molecule has 1 aromatic heterocycles. The van der Waals surface area contributed by atoms with Crippen molar-refractivity contribution < 1.29 is 17.5 Å². The van der Waals surface area contributed by atoms with Crippen molar-refractivity contribution in [3.05, 3.63) is 35.7 Å². The van der Waals surface area contributed by atoms with E-state index >= 15 is 0 Å². The number of hydrogen-bond acceptors (Lipinski definition) is 5. The topological polar surface area (TPSA) is 74.1 Å². The van der Waals surface area contributed by atoms with E-state index < -0.39 is 14.9 Å². The van der Waals surface area contributed by atoms with E-state index in [-0.39, 0.29) is 17.3 Å². The quantitative estimate of drug-likeness (QED) is 0.803. The minimum Gasteiger partial charge on any atom is -0.483 e. The third kappa shape index (κ3) is 3.07. The lowest BCUT2D eigenvalue weighted by Gasteiger charge is -2.07. The van der Waals surface area contributed by atoms with E-state index in [2.05, 4.69) is 10.2 Å². The van der Waals surface area contributed by atoms with Crippen LogP contribution in [0.1, 0.15) is 11.6 Å². The molecule has 0 saturated carbocycles. The average molecular weight is 320 g/mol. The molecule has 2 aromatic rings. The van der Waals surface area contributed by atoms with Gasteiger partial charge in [-0.3, -0.25) is 0 Å². The number of halogens is 2. The predicted octanol–water partition coefficient (Wildman–Crippen LogP) is 1.77. The molecule has 0 amide bonds. The van der Waals surface area contributed by atoms with Crippen molar-refractivity contribution in [3.8, 4) is 5.75 Å². The van der Waals surface area contributed by atoms with Gasteiger partial charge in [-0.05, 0) is 25.1 Å². The highest BCUT2D eigenvalue weighted by Crippen LogP contribution is 2.23. The first-order valence-corrected chi connectivity index (χ1v) is 7.82. The van der Waals surface area contributed by atoms with Gasteiger partial charge in [-0.2, -0.15) is 0 Å². The molecular weight excluding hydrogens is 309 g/mol. The molecule has 0 fully saturated rings. The van der Waals surface area contributed by atoms with Gasteiger partial charge in [0.25, 0.3) is 9.05 Å². The fraction of sp³-hybridized carbons (Fsp3) is 0.273. The summed E-state index contributed by atoms with van der Waals surface area (Å²) in [6.07, 6.45) is 0.